The topological polar surface area (TPSA) is 60.0 Å². The molecule has 0 spiro atoms. The van der Waals surface area contributed by atoms with Crippen LogP contribution in [0.4, 0.5) is 0 Å². The van der Waals surface area contributed by atoms with E-state index in [0.29, 0.717) is 29.4 Å². The van der Waals surface area contributed by atoms with Gasteiger partial charge in [0, 0.05) is 25.2 Å². The van der Waals surface area contributed by atoms with Crippen molar-refractivity contribution in [1.29, 1.82) is 0 Å². The van der Waals surface area contributed by atoms with Crippen LogP contribution in [0.1, 0.15) is 21.5 Å². The Kier molecular flexibility index (Phi) is 6.86. The van der Waals surface area contributed by atoms with Gasteiger partial charge in [-0.3, -0.25) is 4.79 Å². The van der Waals surface area contributed by atoms with Gasteiger partial charge in [0.25, 0.3) is 5.91 Å². The standard InChI is InChI=1S/C20H26N2O4/c1-22(2)13-15-8-6-14(7-9-15)12-21-20(23)16-10-18(25-4)19(26-5)11-17(16)24-3/h6-11H,12-13H2,1-5H3,(H,21,23). The first kappa shape index (κ1) is 19.6. The maximum atomic E-state index is 12.6. The van der Waals surface area contributed by atoms with Gasteiger partial charge in [-0.05, 0) is 25.2 Å². The Bertz CT molecular complexity index is 742. The number of amides is 1. The van der Waals surface area contributed by atoms with E-state index in [2.05, 4.69) is 22.3 Å². The van der Waals surface area contributed by atoms with E-state index in [-0.39, 0.29) is 5.91 Å². The second kappa shape index (κ2) is 9.10. The molecule has 0 aromatic heterocycles. The molecule has 0 aliphatic rings. The minimum Gasteiger partial charge on any atom is -0.496 e. The molecule has 2 rings (SSSR count). The zero-order valence-electron chi connectivity index (χ0n) is 16.0. The van der Waals surface area contributed by atoms with Crippen molar-refractivity contribution in [2.75, 3.05) is 35.4 Å². The van der Waals surface area contributed by atoms with Gasteiger partial charge in [0.1, 0.15) is 5.75 Å². The fourth-order valence-electron chi connectivity index (χ4n) is 2.61. The van der Waals surface area contributed by atoms with Crippen molar-refractivity contribution in [1.82, 2.24) is 10.2 Å². The number of rotatable bonds is 8. The lowest BCUT2D eigenvalue weighted by molar-refractivity contribution is 0.0947. The molecule has 0 fully saturated rings. The number of methoxy groups -OCH3 is 3. The van der Waals surface area contributed by atoms with Crippen molar-refractivity contribution in [3.8, 4) is 17.2 Å². The first-order chi connectivity index (χ1) is 12.5. The lowest BCUT2D eigenvalue weighted by Crippen LogP contribution is -2.23. The first-order valence-corrected chi connectivity index (χ1v) is 8.29. The van der Waals surface area contributed by atoms with E-state index in [1.54, 1.807) is 12.1 Å². The zero-order chi connectivity index (χ0) is 19.1. The predicted octanol–water partition coefficient (Wildman–Crippen LogP) is 2.70. The lowest BCUT2D eigenvalue weighted by atomic mass is 10.1. The lowest BCUT2D eigenvalue weighted by Gasteiger charge is -2.14. The molecule has 0 aliphatic heterocycles. The van der Waals surface area contributed by atoms with E-state index in [1.807, 2.05) is 26.2 Å². The monoisotopic (exact) mass is 358 g/mol. The van der Waals surface area contributed by atoms with Crippen molar-refractivity contribution < 1.29 is 19.0 Å². The normalized spacial score (nSPS) is 10.5. The van der Waals surface area contributed by atoms with Gasteiger partial charge in [-0.25, -0.2) is 0 Å². The molecule has 6 nitrogen and oxygen atoms in total. The van der Waals surface area contributed by atoms with Crippen LogP contribution >= 0.6 is 0 Å². The summed E-state index contributed by atoms with van der Waals surface area (Å²) in [6.45, 7) is 1.31. The molecule has 0 bridgehead atoms. The fraction of sp³-hybridized carbons (Fsp3) is 0.350. The molecule has 0 aliphatic carbocycles. The zero-order valence-corrected chi connectivity index (χ0v) is 16.0. The Hall–Kier alpha value is -2.73. The molecule has 140 valence electrons. The number of hydrogen-bond donors (Lipinski definition) is 1. The smallest absolute Gasteiger partial charge is 0.255 e. The van der Waals surface area contributed by atoms with E-state index >= 15 is 0 Å². The summed E-state index contributed by atoms with van der Waals surface area (Å²) >= 11 is 0. The SMILES string of the molecule is COc1cc(OC)c(C(=O)NCc2ccc(CN(C)C)cc2)cc1OC. The van der Waals surface area contributed by atoms with Crippen molar-refractivity contribution in [3.63, 3.8) is 0 Å². The maximum Gasteiger partial charge on any atom is 0.255 e. The quantitative estimate of drug-likeness (QED) is 0.786. The Balaban J connectivity index is 2.10. The number of benzene rings is 2. The van der Waals surface area contributed by atoms with E-state index < -0.39 is 0 Å². The van der Waals surface area contributed by atoms with Crippen molar-refractivity contribution in [2.45, 2.75) is 13.1 Å². The van der Waals surface area contributed by atoms with Crippen LogP contribution in [0.15, 0.2) is 36.4 Å². The van der Waals surface area contributed by atoms with Gasteiger partial charge in [-0.2, -0.15) is 0 Å². The largest absolute Gasteiger partial charge is 0.496 e. The van der Waals surface area contributed by atoms with E-state index in [0.717, 1.165) is 12.1 Å². The molecule has 0 atom stereocenters. The van der Waals surface area contributed by atoms with Gasteiger partial charge in [-0.1, -0.05) is 24.3 Å². The summed E-state index contributed by atoms with van der Waals surface area (Å²) in [5.74, 6) is 1.19. The predicted molar refractivity (Wildman–Crippen MR) is 101 cm³/mol. The number of nitrogens with one attached hydrogen (secondary N) is 1. The molecule has 2 aromatic rings. The van der Waals surface area contributed by atoms with Gasteiger partial charge in [0.2, 0.25) is 0 Å². The summed E-state index contributed by atoms with van der Waals surface area (Å²) in [5, 5.41) is 2.91. The molecule has 1 N–H and O–H groups in total. The number of carbonyl (C=O) groups is 1. The molecule has 0 radical (unpaired) electrons. The molecule has 26 heavy (non-hydrogen) atoms. The molecular weight excluding hydrogens is 332 g/mol. The Morgan fingerprint density at radius 1 is 0.885 bits per heavy atom. The highest BCUT2D eigenvalue weighted by Crippen LogP contribution is 2.34. The molecule has 0 unspecified atom stereocenters. The van der Waals surface area contributed by atoms with E-state index in [1.165, 1.54) is 26.9 Å². The Morgan fingerprint density at radius 3 is 1.96 bits per heavy atom. The number of carbonyl (C=O) groups excluding carboxylic acids is 1. The Morgan fingerprint density at radius 2 is 1.42 bits per heavy atom. The third-order valence-electron chi connectivity index (χ3n) is 3.93. The van der Waals surface area contributed by atoms with Crippen LogP contribution < -0.4 is 19.5 Å². The summed E-state index contributed by atoms with van der Waals surface area (Å²) in [4.78, 5) is 14.7. The van der Waals surface area contributed by atoms with Crippen LogP contribution in [0.2, 0.25) is 0 Å². The minimum atomic E-state index is -0.236. The number of nitrogens with zero attached hydrogens (tertiary/aromatic N) is 1. The van der Waals surface area contributed by atoms with E-state index in [9.17, 15) is 4.79 Å². The molecule has 6 heteroatoms. The number of hydrogen-bond acceptors (Lipinski definition) is 5. The average Bonchev–Trinajstić information content (AvgIpc) is 2.65. The minimum absolute atomic E-state index is 0.236. The number of ether oxygens (including phenoxy) is 3. The average molecular weight is 358 g/mol. The van der Waals surface area contributed by atoms with Gasteiger partial charge in [-0.15, -0.1) is 0 Å². The third kappa shape index (κ3) is 4.89. The molecule has 1 amide bonds. The van der Waals surface area contributed by atoms with Crippen molar-refractivity contribution >= 4 is 5.91 Å². The first-order valence-electron chi connectivity index (χ1n) is 8.29. The summed E-state index contributed by atoms with van der Waals surface area (Å²) in [6.07, 6.45) is 0. The summed E-state index contributed by atoms with van der Waals surface area (Å²) in [6, 6.07) is 11.4. The second-order valence-corrected chi connectivity index (χ2v) is 6.14. The fourth-order valence-corrected chi connectivity index (χ4v) is 2.61. The van der Waals surface area contributed by atoms with Crippen LogP contribution in [0.25, 0.3) is 0 Å². The van der Waals surface area contributed by atoms with Crippen LogP contribution in [0.3, 0.4) is 0 Å². The van der Waals surface area contributed by atoms with Crippen LogP contribution in [0.5, 0.6) is 17.2 Å². The Labute approximate surface area is 154 Å². The third-order valence-corrected chi connectivity index (χ3v) is 3.93. The van der Waals surface area contributed by atoms with Gasteiger partial charge >= 0.3 is 0 Å². The highest BCUT2D eigenvalue weighted by molar-refractivity contribution is 5.97. The van der Waals surface area contributed by atoms with Crippen LogP contribution in [-0.4, -0.2) is 46.2 Å². The molecular formula is C20H26N2O4. The van der Waals surface area contributed by atoms with Crippen LogP contribution in [0, 0.1) is 0 Å². The van der Waals surface area contributed by atoms with Crippen molar-refractivity contribution in [3.05, 3.63) is 53.1 Å². The molecule has 0 saturated carbocycles. The maximum absolute atomic E-state index is 12.6. The van der Waals surface area contributed by atoms with Crippen molar-refractivity contribution in [2.24, 2.45) is 0 Å². The molecule has 2 aromatic carbocycles. The van der Waals surface area contributed by atoms with Gasteiger partial charge in [0.15, 0.2) is 11.5 Å². The molecule has 0 saturated heterocycles. The van der Waals surface area contributed by atoms with Gasteiger partial charge in [0.05, 0.1) is 26.9 Å². The summed E-state index contributed by atoms with van der Waals surface area (Å²) in [5.41, 5.74) is 2.65. The highest BCUT2D eigenvalue weighted by atomic mass is 16.5. The molecule has 0 heterocycles. The van der Waals surface area contributed by atoms with Crippen LogP contribution in [-0.2, 0) is 13.1 Å². The summed E-state index contributed by atoms with van der Waals surface area (Å²) < 4.78 is 15.8. The summed E-state index contributed by atoms with van der Waals surface area (Å²) in [7, 11) is 8.65. The van der Waals surface area contributed by atoms with Gasteiger partial charge < -0.3 is 24.4 Å². The highest BCUT2D eigenvalue weighted by Gasteiger charge is 2.17. The van der Waals surface area contributed by atoms with E-state index in [4.69, 9.17) is 14.2 Å². The second-order valence-electron chi connectivity index (χ2n) is 6.14.